The van der Waals surface area contributed by atoms with Gasteiger partial charge in [-0.1, -0.05) is 12.1 Å². The second kappa shape index (κ2) is 8.91. The predicted octanol–water partition coefficient (Wildman–Crippen LogP) is 3.23. The summed E-state index contributed by atoms with van der Waals surface area (Å²) in [7, 11) is 4.11. The Balaban J connectivity index is 1.63. The number of H-pyrrole nitrogens is 1. The van der Waals surface area contributed by atoms with Gasteiger partial charge < -0.3 is 10.2 Å². The molecule has 3 rings (SSSR count). The molecule has 0 saturated carbocycles. The van der Waals surface area contributed by atoms with Crippen LogP contribution in [0.1, 0.15) is 11.1 Å². The van der Waals surface area contributed by atoms with Crippen molar-refractivity contribution in [3.8, 4) is 11.1 Å². The molecule has 0 fully saturated rings. The van der Waals surface area contributed by atoms with Crippen LogP contribution in [0, 0.1) is 0 Å². The molecule has 27 heavy (non-hydrogen) atoms. The van der Waals surface area contributed by atoms with Crippen LogP contribution in [0.4, 0.5) is 5.69 Å². The third kappa shape index (κ3) is 5.36. The van der Waals surface area contributed by atoms with E-state index in [1.54, 1.807) is 24.7 Å². The highest BCUT2D eigenvalue weighted by Gasteiger charge is 2.05. The van der Waals surface area contributed by atoms with Crippen LogP contribution in [-0.2, 0) is 11.2 Å². The van der Waals surface area contributed by atoms with Gasteiger partial charge in [-0.25, -0.2) is 0 Å². The van der Waals surface area contributed by atoms with Crippen LogP contribution >= 0.6 is 0 Å². The highest BCUT2D eigenvalue weighted by atomic mass is 16.1. The Labute approximate surface area is 158 Å². The molecule has 0 aliphatic rings. The number of anilines is 1. The topological polar surface area (TPSA) is 73.9 Å². The largest absolute Gasteiger partial charge is 0.323 e. The molecule has 0 atom stereocenters. The summed E-state index contributed by atoms with van der Waals surface area (Å²) in [5, 5.41) is 9.65. The molecule has 6 nitrogen and oxygen atoms in total. The van der Waals surface area contributed by atoms with E-state index in [-0.39, 0.29) is 5.91 Å². The van der Waals surface area contributed by atoms with Gasteiger partial charge in [0.1, 0.15) is 0 Å². The molecule has 2 heterocycles. The number of rotatable bonds is 7. The van der Waals surface area contributed by atoms with Crippen molar-refractivity contribution in [1.82, 2.24) is 20.1 Å². The SMILES string of the molecule is CN(C)CCc1ccc(NC(=O)/C=C/c2cnccc2-c2cn[nH]c2)cc1. The highest BCUT2D eigenvalue weighted by molar-refractivity contribution is 6.02. The third-order valence-electron chi connectivity index (χ3n) is 4.14. The fourth-order valence-corrected chi connectivity index (χ4v) is 2.66. The van der Waals surface area contributed by atoms with Gasteiger partial charge in [-0.3, -0.25) is 14.9 Å². The van der Waals surface area contributed by atoms with Crippen LogP contribution in [0.3, 0.4) is 0 Å². The van der Waals surface area contributed by atoms with Crippen LogP contribution in [-0.4, -0.2) is 46.6 Å². The summed E-state index contributed by atoms with van der Waals surface area (Å²) >= 11 is 0. The second-order valence-electron chi connectivity index (χ2n) is 6.52. The highest BCUT2D eigenvalue weighted by Crippen LogP contribution is 2.22. The Bertz CT molecular complexity index is 899. The standard InChI is InChI=1S/C21H23N5O/c1-26(2)12-10-16-3-6-19(7-4-16)25-21(27)8-5-17-13-22-11-9-20(17)18-14-23-24-15-18/h3-9,11,13-15H,10,12H2,1-2H3,(H,23,24)(H,25,27)/b8-5+. The quantitative estimate of drug-likeness (QED) is 0.634. The van der Waals surface area contributed by atoms with Crippen molar-refractivity contribution < 1.29 is 4.79 Å². The summed E-state index contributed by atoms with van der Waals surface area (Å²) in [6.07, 6.45) is 11.3. The lowest BCUT2D eigenvalue weighted by Crippen LogP contribution is -2.15. The van der Waals surface area contributed by atoms with Crippen molar-refractivity contribution in [2.45, 2.75) is 6.42 Å². The number of amides is 1. The van der Waals surface area contributed by atoms with Crippen LogP contribution in [0.5, 0.6) is 0 Å². The Morgan fingerprint density at radius 1 is 1.19 bits per heavy atom. The second-order valence-corrected chi connectivity index (χ2v) is 6.52. The first kappa shape index (κ1) is 18.5. The van der Waals surface area contributed by atoms with Crippen LogP contribution in [0.25, 0.3) is 17.2 Å². The van der Waals surface area contributed by atoms with Gasteiger partial charge in [-0.05, 0) is 55.9 Å². The molecule has 3 aromatic rings. The molecule has 1 aromatic carbocycles. The average molecular weight is 361 g/mol. The van der Waals surface area contributed by atoms with Crippen molar-refractivity contribution in [3.63, 3.8) is 0 Å². The number of hydrogen-bond donors (Lipinski definition) is 2. The first-order valence-corrected chi connectivity index (χ1v) is 8.78. The lowest BCUT2D eigenvalue weighted by molar-refractivity contribution is -0.111. The number of aromatic nitrogens is 3. The maximum atomic E-state index is 12.2. The van der Waals surface area contributed by atoms with E-state index in [9.17, 15) is 4.79 Å². The summed E-state index contributed by atoms with van der Waals surface area (Å²) in [6, 6.07) is 9.84. The van der Waals surface area contributed by atoms with E-state index in [2.05, 4.69) is 39.5 Å². The molecule has 0 aliphatic heterocycles. The minimum atomic E-state index is -0.182. The molecule has 0 radical (unpaired) electrons. The van der Waals surface area contributed by atoms with E-state index in [0.29, 0.717) is 0 Å². The molecular formula is C21H23N5O. The number of aromatic amines is 1. The molecule has 138 valence electrons. The number of hydrogen-bond acceptors (Lipinski definition) is 4. The molecular weight excluding hydrogens is 338 g/mol. The van der Waals surface area contributed by atoms with Gasteiger partial charge in [0.25, 0.3) is 0 Å². The zero-order valence-electron chi connectivity index (χ0n) is 15.5. The number of nitrogens with one attached hydrogen (secondary N) is 2. The summed E-state index contributed by atoms with van der Waals surface area (Å²) in [5.41, 5.74) is 4.80. The molecule has 2 aromatic heterocycles. The van der Waals surface area contributed by atoms with Crippen molar-refractivity contribution in [1.29, 1.82) is 0 Å². The van der Waals surface area contributed by atoms with Gasteiger partial charge in [-0.2, -0.15) is 5.10 Å². The van der Waals surface area contributed by atoms with Crippen molar-refractivity contribution >= 4 is 17.7 Å². The summed E-state index contributed by atoms with van der Waals surface area (Å²) < 4.78 is 0. The molecule has 0 spiro atoms. The van der Waals surface area contributed by atoms with Crippen molar-refractivity contribution in [2.24, 2.45) is 0 Å². The summed E-state index contributed by atoms with van der Waals surface area (Å²) in [6.45, 7) is 0.999. The van der Waals surface area contributed by atoms with E-state index >= 15 is 0 Å². The lowest BCUT2D eigenvalue weighted by atomic mass is 10.0. The van der Waals surface area contributed by atoms with Gasteiger partial charge in [0.05, 0.1) is 6.20 Å². The minimum absolute atomic E-state index is 0.182. The van der Waals surface area contributed by atoms with Gasteiger partial charge in [0.2, 0.25) is 5.91 Å². The zero-order chi connectivity index (χ0) is 19.1. The minimum Gasteiger partial charge on any atom is -0.323 e. The Hall–Kier alpha value is -3.25. The molecule has 1 amide bonds. The predicted molar refractivity (Wildman–Crippen MR) is 108 cm³/mol. The first-order chi connectivity index (χ1) is 13.1. The molecule has 0 unspecified atom stereocenters. The van der Waals surface area contributed by atoms with E-state index in [0.717, 1.165) is 35.3 Å². The third-order valence-corrected chi connectivity index (χ3v) is 4.14. The van der Waals surface area contributed by atoms with Crippen molar-refractivity contribution in [2.75, 3.05) is 26.0 Å². The fourth-order valence-electron chi connectivity index (χ4n) is 2.66. The van der Waals surface area contributed by atoms with E-state index in [4.69, 9.17) is 0 Å². The smallest absolute Gasteiger partial charge is 0.248 e. The van der Waals surface area contributed by atoms with E-state index < -0.39 is 0 Å². The summed E-state index contributed by atoms with van der Waals surface area (Å²) in [4.78, 5) is 18.5. The number of benzene rings is 1. The number of pyridine rings is 1. The number of nitrogens with zero attached hydrogens (tertiary/aromatic N) is 3. The van der Waals surface area contributed by atoms with Crippen LogP contribution < -0.4 is 5.32 Å². The summed E-state index contributed by atoms with van der Waals surface area (Å²) in [5.74, 6) is -0.182. The Morgan fingerprint density at radius 2 is 2.00 bits per heavy atom. The number of carbonyl (C=O) groups excluding carboxylic acids is 1. The average Bonchev–Trinajstić information content (AvgIpc) is 3.20. The van der Waals surface area contributed by atoms with Gasteiger partial charge in [-0.15, -0.1) is 0 Å². The molecule has 0 bridgehead atoms. The zero-order valence-corrected chi connectivity index (χ0v) is 15.5. The van der Waals surface area contributed by atoms with Gasteiger partial charge >= 0.3 is 0 Å². The molecule has 0 aliphatic carbocycles. The van der Waals surface area contributed by atoms with Crippen molar-refractivity contribution in [3.05, 3.63) is 72.3 Å². The lowest BCUT2D eigenvalue weighted by Gasteiger charge is -2.09. The first-order valence-electron chi connectivity index (χ1n) is 8.78. The van der Waals surface area contributed by atoms with E-state index in [1.165, 1.54) is 11.6 Å². The van der Waals surface area contributed by atoms with Crippen LogP contribution in [0.2, 0.25) is 0 Å². The van der Waals surface area contributed by atoms with Gasteiger partial charge in [0, 0.05) is 48.0 Å². The normalized spacial score (nSPS) is 11.2. The fraction of sp³-hybridized carbons (Fsp3) is 0.190. The number of likely N-dealkylation sites (N-methyl/N-ethyl adjacent to an activating group) is 1. The molecule has 0 saturated heterocycles. The van der Waals surface area contributed by atoms with Gasteiger partial charge in [0.15, 0.2) is 0 Å². The maximum Gasteiger partial charge on any atom is 0.248 e. The molecule has 6 heteroatoms. The number of carbonyl (C=O) groups is 1. The Morgan fingerprint density at radius 3 is 2.70 bits per heavy atom. The monoisotopic (exact) mass is 361 g/mol. The maximum absolute atomic E-state index is 12.2. The Kier molecular flexibility index (Phi) is 6.12. The van der Waals surface area contributed by atoms with E-state index in [1.807, 2.05) is 36.5 Å². The van der Waals surface area contributed by atoms with Crippen LogP contribution in [0.15, 0.2) is 61.2 Å². The molecule has 2 N–H and O–H groups in total.